The quantitative estimate of drug-likeness (QED) is 0.618. The van der Waals surface area contributed by atoms with Gasteiger partial charge in [-0.05, 0) is 41.1 Å². The smallest absolute Gasteiger partial charge is 0.283 e. The number of thioether (sulfide) groups is 1. The number of aliphatic imine (C=N–C) groups is 1. The van der Waals surface area contributed by atoms with Gasteiger partial charge in [0, 0.05) is 6.26 Å². The lowest BCUT2D eigenvalue weighted by molar-refractivity contribution is -0.114. The van der Waals surface area contributed by atoms with Gasteiger partial charge in [0.25, 0.3) is 5.91 Å². The lowest BCUT2D eigenvalue weighted by atomic mass is 10.1. The normalized spacial score (nSPS) is 17.1. The van der Waals surface area contributed by atoms with Crippen molar-refractivity contribution < 1.29 is 22.7 Å². The topological polar surface area (TPSA) is 121 Å². The number of rotatable bonds is 5. The third-order valence-corrected chi connectivity index (χ3v) is 7.40. The molecule has 0 saturated heterocycles. The Balaban J connectivity index is 1.64. The molecule has 2 heterocycles. The Morgan fingerprint density at radius 3 is 2.64 bits per heavy atom. The highest BCUT2D eigenvalue weighted by molar-refractivity contribution is 8.42. The molecule has 0 bridgehead atoms. The van der Waals surface area contributed by atoms with E-state index in [-0.39, 0.29) is 32.6 Å². The molecule has 170 valence electrons. The number of nitrogens with zero attached hydrogens (tertiary/aromatic N) is 3. The molecule has 33 heavy (non-hydrogen) atoms. The first-order valence-electron chi connectivity index (χ1n) is 9.42. The maximum absolute atomic E-state index is 12.5. The van der Waals surface area contributed by atoms with Crippen molar-refractivity contribution in [3.63, 3.8) is 0 Å². The van der Waals surface area contributed by atoms with Crippen LogP contribution in [0.5, 0.6) is 11.5 Å². The molecule has 2 aliphatic heterocycles. The number of ether oxygens (including phenoxy) is 2. The van der Waals surface area contributed by atoms with Gasteiger partial charge >= 0.3 is 0 Å². The van der Waals surface area contributed by atoms with E-state index in [2.05, 4.69) is 10.1 Å². The summed E-state index contributed by atoms with van der Waals surface area (Å²) in [5.74, 6) is -0.300. The standard InChI is InChI=1S/C21H17ClN4O5S2/c1-30-16-10-13(9-15(22)17(16)31-11-12-6-4-3-5-7-12)8-14-18(23)26-20(24-19(14)27)32-21(25-26)33(2,28)29/h3-10,23H,11H2,1-2H3/b14-8+,23-18?. The number of halogens is 1. The fourth-order valence-corrected chi connectivity index (χ4v) is 4.94. The van der Waals surface area contributed by atoms with E-state index in [0.717, 1.165) is 28.6 Å². The number of fused-ring (bicyclic) bond motifs is 1. The number of amides is 1. The first-order valence-corrected chi connectivity index (χ1v) is 12.5. The summed E-state index contributed by atoms with van der Waals surface area (Å²) in [6, 6.07) is 12.7. The van der Waals surface area contributed by atoms with Gasteiger partial charge < -0.3 is 9.47 Å². The van der Waals surface area contributed by atoms with Crippen molar-refractivity contribution in [2.24, 2.45) is 10.1 Å². The Labute approximate surface area is 199 Å². The maximum atomic E-state index is 12.5. The van der Waals surface area contributed by atoms with Crippen molar-refractivity contribution in [1.82, 2.24) is 5.01 Å². The molecule has 0 unspecified atom stereocenters. The van der Waals surface area contributed by atoms with Gasteiger partial charge in [-0.2, -0.15) is 10.0 Å². The van der Waals surface area contributed by atoms with E-state index in [0.29, 0.717) is 17.1 Å². The molecule has 1 amide bonds. The molecule has 2 aliphatic rings. The van der Waals surface area contributed by atoms with E-state index in [9.17, 15) is 13.2 Å². The summed E-state index contributed by atoms with van der Waals surface area (Å²) in [6.07, 6.45) is 2.41. The predicted molar refractivity (Wildman–Crippen MR) is 129 cm³/mol. The Kier molecular flexibility index (Phi) is 6.28. The second kappa shape index (κ2) is 9.00. The minimum Gasteiger partial charge on any atom is -0.493 e. The summed E-state index contributed by atoms with van der Waals surface area (Å²) in [5.41, 5.74) is 1.35. The molecule has 0 atom stereocenters. The molecular formula is C21H17ClN4O5S2. The maximum Gasteiger partial charge on any atom is 0.283 e. The van der Waals surface area contributed by atoms with E-state index >= 15 is 0 Å². The largest absolute Gasteiger partial charge is 0.493 e. The van der Waals surface area contributed by atoms with Crippen molar-refractivity contribution >= 4 is 60.6 Å². The molecule has 0 radical (unpaired) electrons. The van der Waals surface area contributed by atoms with Crippen LogP contribution in [0.25, 0.3) is 6.08 Å². The number of benzene rings is 2. The molecule has 9 nitrogen and oxygen atoms in total. The molecule has 0 aromatic heterocycles. The third kappa shape index (κ3) is 4.80. The van der Waals surface area contributed by atoms with Crippen molar-refractivity contribution in [1.29, 1.82) is 5.41 Å². The molecule has 12 heteroatoms. The van der Waals surface area contributed by atoms with Crippen LogP contribution in [0.4, 0.5) is 0 Å². The summed E-state index contributed by atoms with van der Waals surface area (Å²) in [6.45, 7) is 0.283. The molecule has 0 aliphatic carbocycles. The molecule has 2 aromatic carbocycles. The Hall–Kier alpha value is -3.15. The van der Waals surface area contributed by atoms with Crippen LogP contribution in [0.1, 0.15) is 11.1 Å². The number of sulfone groups is 1. The second-order valence-electron chi connectivity index (χ2n) is 6.97. The molecule has 1 N–H and O–H groups in total. The zero-order chi connectivity index (χ0) is 23.8. The monoisotopic (exact) mass is 504 g/mol. The van der Waals surface area contributed by atoms with E-state index in [1.165, 1.54) is 13.2 Å². The van der Waals surface area contributed by atoms with Crippen LogP contribution in [0, 0.1) is 5.41 Å². The summed E-state index contributed by atoms with van der Waals surface area (Å²) in [4.78, 5) is 16.4. The Morgan fingerprint density at radius 1 is 1.24 bits per heavy atom. The van der Waals surface area contributed by atoms with Gasteiger partial charge in [0.1, 0.15) is 6.61 Å². The molecule has 0 fully saturated rings. The fourth-order valence-electron chi connectivity index (χ4n) is 2.98. The van der Waals surface area contributed by atoms with E-state index < -0.39 is 15.7 Å². The number of methoxy groups -OCH3 is 1. The zero-order valence-electron chi connectivity index (χ0n) is 17.4. The SMILES string of the molecule is COc1cc(/C=C2\C(=N)N3N=C(S(C)(=O)=O)SC3=NC2=O)cc(Cl)c1OCc1ccccc1. The highest BCUT2D eigenvalue weighted by Crippen LogP contribution is 2.38. The molecule has 4 rings (SSSR count). The number of carbonyl (C=O) groups is 1. The van der Waals surface area contributed by atoms with Crippen LogP contribution in [-0.4, -0.2) is 48.1 Å². The van der Waals surface area contributed by atoms with Gasteiger partial charge in [-0.3, -0.25) is 10.2 Å². The lowest BCUT2D eigenvalue weighted by Gasteiger charge is -2.20. The molecule has 0 saturated carbocycles. The van der Waals surface area contributed by atoms with Gasteiger partial charge in [0.2, 0.25) is 19.4 Å². The number of hydrogen-bond acceptors (Lipinski definition) is 8. The number of carbonyl (C=O) groups excluding carboxylic acids is 1. The van der Waals surface area contributed by atoms with Crippen LogP contribution in [0.2, 0.25) is 5.02 Å². The highest BCUT2D eigenvalue weighted by atomic mass is 35.5. The minimum atomic E-state index is -3.61. The van der Waals surface area contributed by atoms with Gasteiger partial charge in [-0.15, -0.1) is 5.10 Å². The number of hydrazone groups is 1. The average Bonchev–Trinajstić information content (AvgIpc) is 3.21. The van der Waals surface area contributed by atoms with Crippen molar-refractivity contribution in [3.8, 4) is 11.5 Å². The van der Waals surface area contributed by atoms with Crippen LogP contribution in [0.15, 0.2) is 58.1 Å². The van der Waals surface area contributed by atoms with Gasteiger partial charge in [-0.25, -0.2) is 8.42 Å². The highest BCUT2D eigenvalue weighted by Gasteiger charge is 2.38. The molecular weight excluding hydrogens is 488 g/mol. The van der Waals surface area contributed by atoms with Crippen LogP contribution >= 0.6 is 23.4 Å². The number of hydrogen-bond donors (Lipinski definition) is 1. The van der Waals surface area contributed by atoms with E-state index in [1.54, 1.807) is 12.1 Å². The zero-order valence-corrected chi connectivity index (χ0v) is 19.8. The van der Waals surface area contributed by atoms with Crippen molar-refractivity contribution in [3.05, 3.63) is 64.2 Å². The second-order valence-corrected chi connectivity index (χ2v) is 10.5. The summed E-state index contributed by atoms with van der Waals surface area (Å²) >= 11 is 7.15. The van der Waals surface area contributed by atoms with E-state index in [4.69, 9.17) is 26.5 Å². The van der Waals surface area contributed by atoms with Gasteiger partial charge in [-0.1, -0.05) is 41.9 Å². The third-order valence-electron chi connectivity index (χ3n) is 4.54. The van der Waals surface area contributed by atoms with Gasteiger partial charge in [0.05, 0.1) is 17.7 Å². The van der Waals surface area contributed by atoms with Crippen LogP contribution < -0.4 is 9.47 Å². The van der Waals surface area contributed by atoms with Crippen LogP contribution in [0.3, 0.4) is 0 Å². The summed E-state index contributed by atoms with van der Waals surface area (Å²) in [5, 5.41) is 13.6. The van der Waals surface area contributed by atoms with Gasteiger partial charge in [0.15, 0.2) is 17.3 Å². The minimum absolute atomic E-state index is 0.0165. The van der Waals surface area contributed by atoms with Crippen molar-refractivity contribution in [2.75, 3.05) is 13.4 Å². The summed E-state index contributed by atoms with van der Waals surface area (Å²) in [7, 11) is -2.14. The predicted octanol–water partition coefficient (Wildman–Crippen LogP) is 3.55. The Morgan fingerprint density at radius 2 is 1.97 bits per heavy atom. The first-order chi connectivity index (χ1) is 15.7. The lowest BCUT2D eigenvalue weighted by Crippen LogP contribution is -2.35. The first kappa shape index (κ1) is 23.0. The average molecular weight is 505 g/mol. The Bertz CT molecular complexity index is 1350. The van der Waals surface area contributed by atoms with Crippen LogP contribution in [-0.2, 0) is 21.2 Å². The summed E-state index contributed by atoms with van der Waals surface area (Å²) < 4.78 is 34.6. The van der Waals surface area contributed by atoms with Crippen molar-refractivity contribution in [2.45, 2.75) is 6.61 Å². The fraction of sp³-hybridized carbons (Fsp3) is 0.143. The molecule has 2 aromatic rings. The number of nitrogens with one attached hydrogen (secondary N) is 1. The molecule has 0 spiro atoms. The van der Waals surface area contributed by atoms with E-state index in [1.807, 2.05) is 30.3 Å². The number of amidine groups is 2.